The molecule has 0 aliphatic carbocycles. The molecule has 1 heterocycles. The van der Waals surface area contributed by atoms with E-state index in [9.17, 15) is 0 Å². The predicted octanol–water partition coefficient (Wildman–Crippen LogP) is -1.14. The molecule has 5 heteroatoms. The molecule has 0 aromatic rings. The number of rotatable bonds is 1. The minimum Gasteiger partial charge on any atom is -0.369 e. The summed E-state index contributed by atoms with van der Waals surface area (Å²) in [4.78, 5) is 6.47. The van der Waals surface area contributed by atoms with Crippen LogP contribution < -0.4 is 17.0 Å². The third-order valence-corrected chi connectivity index (χ3v) is 2.07. The largest absolute Gasteiger partial charge is 0.369 e. The predicted molar refractivity (Wildman–Crippen MR) is 49.5 cm³/mol. The van der Waals surface area contributed by atoms with Crippen LogP contribution in [-0.2, 0) is 0 Å². The summed E-state index contributed by atoms with van der Waals surface area (Å²) in [5.41, 5.74) is 7.78. The summed E-state index contributed by atoms with van der Waals surface area (Å²) in [6.45, 7) is 2.13. The summed E-state index contributed by atoms with van der Waals surface area (Å²) >= 11 is 0. The van der Waals surface area contributed by atoms with Gasteiger partial charge in [0, 0.05) is 6.54 Å². The van der Waals surface area contributed by atoms with Gasteiger partial charge < -0.3 is 10.6 Å². The van der Waals surface area contributed by atoms with Crippen LogP contribution in [0.1, 0.15) is 12.8 Å². The van der Waals surface area contributed by atoms with Gasteiger partial charge in [0.15, 0.2) is 0 Å². The highest BCUT2D eigenvalue weighted by molar-refractivity contribution is 5.77. The Labute approximate surface area is 72.8 Å². The first-order chi connectivity index (χ1) is 5.72. The van der Waals surface area contributed by atoms with Gasteiger partial charge >= 0.3 is 0 Å². The zero-order valence-electron chi connectivity index (χ0n) is 7.45. The number of likely N-dealkylation sites (tertiary alicyclic amines) is 1. The Bertz CT molecular complexity index is 167. The van der Waals surface area contributed by atoms with E-state index in [-0.39, 0.29) is 0 Å². The van der Waals surface area contributed by atoms with E-state index in [2.05, 4.69) is 22.4 Å². The minimum absolute atomic E-state index is 0.305. The van der Waals surface area contributed by atoms with Crippen molar-refractivity contribution in [2.45, 2.75) is 18.9 Å². The minimum atomic E-state index is 0.305. The van der Waals surface area contributed by atoms with Crippen LogP contribution in [0.5, 0.6) is 0 Å². The third-order valence-electron chi connectivity index (χ3n) is 2.07. The molecule has 1 aliphatic heterocycles. The number of nitrogens with zero attached hydrogens (tertiary/aromatic N) is 2. The molecule has 1 unspecified atom stereocenters. The van der Waals surface area contributed by atoms with E-state index in [1.54, 1.807) is 0 Å². The van der Waals surface area contributed by atoms with Crippen LogP contribution in [0, 0.1) is 0 Å². The van der Waals surface area contributed by atoms with Gasteiger partial charge in [-0.15, -0.1) is 0 Å². The highest BCUT2D eigenvalue weighted by atomic mass is 15.3. The van der Waals surface area contributed by atoms with Crippen molar-refractivity contribution in [3.8, 4) is 0 Å². The molecule has 1 aliphatic rings. The summed E-state index contributed by atoms with van der Waals surface area (Å²) < 4.78 is 0. The zero-order chi connectivity index (χ0) is 8.97. The lowest BCUT2D eigenvalue weighted by Crippen LogP contribution is -2.41. The van der Waals surface area contributed by atoms with Gasteiger partial charge in [0.2, 0.25) is 5.96 Å². The molecule has 12 heavy (non-hydrogen) atoms. The van der Waals surface area contributed by atoms with Crippen LogP contribution in [0.4, 0.5) is 0 Å². The van der Waals surface area contributed by atoms with Crippen molar-refractivity contribution in [1.82, 2.24) is 10.3 Å². The number of piperidine rings is 1. The smallest absolute Gasteiger partial charge is 0.203 e. The first kappa shape index (κ1) is 9.28. The lowest BCUT2D eigenvalue weighted by atomic mass is 10.1. The maximum atomic E-state index is 5.44. The molecular weight excluding hydrogens is 154 g/mol. The summed E-state index contributed by atoms with van der Waals surface area (Å²) in [5.74, 6) is 5.43. The molecule has 1 saturated heterocycles. The summed E-state index contributed by atoms with van der Waals surface area (Å²) in [7, 11) is 2.09. The molecule has 1 rings (SSSR count). The standard InChI is InChI=1S/C7H17N5/c1-12-4-2-3-6(5-12)10-7(8)11-9/h6H,2-5,9H2,1H3,(H3,8,10,11). The van der Waals surface area contributed by atoms with Crippen molar-refractivity contribution >= 4 is 5.96 Å². The fourth-order valence-corrected chi connectivity index (χ4v) is 1.48. The number of guanidine groups is 1. The van der Waals surface area contributed by atoms with E-state index in [4.69, 9.17) is 11.6 Å². The number of hydrogen-bond acceptors (Lipinski definition) is 3. The molecule has 1 atom stereocenters. The topological polar surface area (TPSA) is 79.7 Å². The van der Waals surface area contributed by atoms with E-state index < -0.39 is 0 Å². The summed E-state index contributed by atoms with van der Waals surface area (Å²) in [5, 5.41) is 0. The Morgan fingerprint density at radius 3 is 3.00 bits per heavy atom. The Hall–Kier alpha value is -0.810. The van der Waals surface area contributed by atoms with Crippen LogP contribution in [-0.4, -0.2) is 37.0 Å². The van der Waals surface area contributed by atoms with Crippen molar-refractivity contribution in [3.63, 3.8) is 0 Å². The van der Waals surface area contributed by atoms with Crippen molar-refractivity contribution in [3.05, 3.63) is 0 Å². The van der Waals surface area contributed by atoms with E-state index in [0.717, 1.165) is 19.5 Å². The average Bonchev–Trinajstić information content (AvgIpc) is 2.04. The summed E-state index contributed by atoms with van der Waals surface area (Å²) in [6, 6.07) is 0.305. The molecule has 5 N–H and O–H groups in total. The lowest BCUT2D eigenvalue weighted by Gasteiger charge is -2.27. The van der Waals surface area contributed by atoms with Crippen LogP contribution >= 0.6 is 0 Å². The van der Waals surface area contributed by atoms with Gasteiger partial charge in [-0.3, -0.25) is 5.43 Å². The van der Waals surface area contributed by atoms with Crippen LogP contribution in [0.15, 0.2) is 4.99 Å². The maximum Gasteiger partial charge on any atom is 0.203 e. The van der Waals surface area contributed by atoms with E-state index >= 15 is 0 Å². The molecule has 5 nitrogen and oxygen atoms in total. The van der Waals surface area contributed by atoms with E-state index in [1.807, 2.05) is 0 Å². The molecule has 1 fully saturated rings. The number of hydrogen-bond donors (Lipinski definition) is 3. The second-order valence-electron chi connectivity index (χ2n) is 3.22. The molecule has 0 bridgehead atoms. The number of nitrogens with one attached hydrogen (secondary N) is 1. The van der Waals surface area contributed by atoms with Crippen LogP contribution in [0.25, 0.3) is 0 Å². The Morgan fingerprint density at radius 2 is 2.42 bits per heavy atom. The van der Waals surface area contributed by atoms with Gasteiger partial charge in [-0.2, -0.15) is 0 Å². The normalized spacial score (nSPS) is 27.2. The van der Waals surface area contributed by atoms with Crippen molar-refractivity contribution in [1.29, 1.82) is 0 Å². The zero-order valence-corrected chi connectivity index (χ0v) is 7.45. The van der Waals surface area contributed by atoms with Crippen molar-refractivity contribution in [2.75, 3.05) is 20.1 Å². The number of nitrogens with two attached hydrogens (primary N) is 2. The summed E-state index contributed by atoms with van der Waals surface area (Å²) in [6.07, 6.45) is 2.29. The third kappa shape index (κ3) is 2.67. The molecular formula is C7H17N5. The van der Waals surface area contributed by atoms with Crippen LogP contribution in [0.3, 0.4) is 0 Å². The fraction of sp³-hybridized carbons (Fsp3) is 0.857. The molecule has 0 saturated carbocycles. The quantitative estimate of drug-likeness (QED) is 0.202. The molecule has 0 aromatic heterocycles. The van der Waals surface area contributed by atoms with Gasteiger partial charge in [0.1, 0.15) is 0 Å². The Kier molecular flexibility index (Phi) is 3.31. The van der Waals surface area contributed by atoms with E-state index in [1.165, 1.54) is 6.42 Å². The van der Waals surface area contributed by atoms with Gasteiger partial charge in [-0.05, 0) is 26.4 Å². The molecule has 0 aromatic carbocycles. The highest BCUT2D eigenvalue weighted by Gasteiger charge is 2.15. The second-order valence-corrected chi connectivity index (χ2v) is 3.22. The lowest BCUT2D eigenvalue weighted by molar-refractivity contribution is 0.252. The average molecular weight is 171 g/mol. The molecule has 0 spiro atoms. The maximum absolute atomic E-state index is 5.44. The van der Waals surface area contributed by atoms with Gasteiger partial charge in [0.25, 0.3) is 0 Å². The second kappa shape index (κ2) is 4.27. The van der Waals surface area contributed by atoms with Crippen molar-refractivity contribution < 1.29 is 0 Å². The molecule has 0 radical (unpaired) electrons. The fourth-order valence-electron chi connectivity index (χ4n) is 1.48. The van der Waals surface area contributed by atoms with Gasteiger partial charge in [0.05, 0.1) is 6.04 Å². The van der Waals surface area contributed by atoms with E-state index in [0.29, 0.717) is 12.0 Å². The van der Waals surface area contributed by atoms with Crippen LogP contribution in [0.2, 0.25) is 0 Å². The monoisotopic (exact) mass is 171 g/mol. The number of hydrazine groups is 1. The number of likely N-dealkylation sites (N-methyl/N-ethyl adjacent to an activating group) is 1. The van der Waals surface area contributed by atoms with Gasteiger partial charge in [-0.25, -0.2) is 10.8 Å². The molecule has 70 valence electrons. The Morgan fingerprint density at radius 1 is 1.67 bits per heavy atom. The number of aliphatic imine (C=N–C) groups is 1. The first-order valence-corrected chi connectivity index (χ1v) is 4.21. The SMILES string of the molecule is CN1CCCC(N=C(N)NN)C1. The highest BCUT2D eigenvalue weighted by Crippen LogP contribution is 2.10. The molecule has 0 amide bonds. The first-order valence-electron chi connectivity index (χ1n) is 4.21. The Balaban J connectivity index is 2.41. The van der Waals surface area contributed by atoms with Crippen molar-refractivity contribution in [2.24, 2.45) is 16.6 Å². The van der Waals surface area contributed by atoms with Gasteiger partial charge in [-0.1, -0.05) is 0 Å².